The molecule has 1 aromatic carbocycles. The number of carbonyl (C=O) groups excluding carboxylic acids is 4. The lowest BCUT2D eigenvalue weighted by molar-refractivity contribution is -0.141. The van der Waals surface area contributed by atoms with Crippen molar-refractivity contribution in [1.29, 1.82) is 0 Å². The highest BCUT2D eigenvalue weighted by Gasteiger charge is 2.38. The number of H-pyrrole nitrogens is 1. The number of aromatic hydroxyl groups is 1. The molecule has 1 aromatic heterocycles. The van der Waals surface area contributed by atoms with E-state index < -0.39 is 47.8 Å². The Bertz CT molecular complexity index is 1110. The Hall–Kier alpha value is -3.93. The van der Waals surface area contributed by atoms with E-state index in [1.165, 1.54) is 23.4 Å². The van der Waals surface area contributed by atoms with Gasteiger partial charge in [0.05, 0.1) is 12.4 Å². The number of hydrogen-bond acceptors (Lipinski definition) is 7. The lowest BCUT2D eigenvalue weighted by Crippen LogP contribution is -2.59. The third-order valence-electron chi connectivity index (χ3n) is 6.98. The summed E-state index contributed by atoms with van der Waals surface area (Å²) in [4.78, 5) is 60.1. The molecule has 1 aliphatic heterocycles. The number of phenols is 1. The molecule has 3 rings (SSSR count). The SMILES string of the molecule is CC[C@H](C)[C@H](NC(=O)[C@@H](N)Cc1ccc(O)cc1)C(=O)N[C@@H](Cc1cnc[nH]1)C(=O)N1CCC[C@H]1C(N)=O. The number of nitrogens with one attached hydrogen (secondary N) is 3. The van der Waals surface area contributed by atoms with Gasteiger partial charge in [0.2, 0.25) is 23.6 Å². The summed E-state index contributed by atoms with van der Waals surface area (Å²) in [6, 6.07) is 2.76. The Morgan fingerprint density at radius 2 is 1.87 bits per heavy atom. The maximum Gasteiger partial charge on any atom is 0.246 e. The summed E-state index contributed by atoms with van der Waals surface area (Å²) in [5.74, 6) is -2.20. The molecule has 2 aromatic rings. The number of nitrogens with two attached hydrogens (primary N) is 2. The number of aromatic nitrogens is 2. The van der Waals surface area contributed by atoms with Crippen molar-refractivity contribution in [2.75, 3.05) is 6.54 Å². The van der Waals surface area contributed by atoms with Crippen molar-refractivity contribution in [2.24, 2.45) is 17.4 Å². The van der Waals surface area contributed by atoms with Crippen molar-refractivity contribution in [2.45, 2.75) is 70.1 Å². The van der Waals surface area contributed by atoms with Crippen LogP contribution in [-0.2, 0) is 32.0 Å². The van der Waals surface area contributed by atoms with Crippen LogP contribution >= 0.6 is 0 Å². The molecular weight excluding hydrogens is 490 g/mol. The largest absolute Gasteiger partial charge is 0.508 e. The van der Waals surface area contributed by atoms with Crippen molar-refractivity contribution in [1.82, 2.24) is 25.5 Å². The number of benzene rings is 1. The van der Waals surface area contributed by atoms with Crippen molar-refractivity contribution in [3.8, 4) is 5.75 Å². The number of hydrogen-bond donors (Lipinski definition) is 6. The zero-order valence-electron chi connectivity index (χ0n) is 21.7. The molecule has 0 radical (unpaired) electrons. The quantitative estimate of drug-likeness (QED) is 0.218. The van der Waals surface area contributed by atoms with Gasteiger partial charge in [-0.15, -0.1) is 0 Å². The van der Waals surface area contributed by atoms with Crippen LogP contribution in [-0.4, -0.2) is 74.3 Å². The van der Waals surface area contributed by atoms with E-state index in [1.807, 2.05) is 13.8 Å². The fourth-order valence-corrected chi connectivity index (χ4v) is 4.55. The third-order valence-corrected chi connectivity index (χ3v) is 6.98. The first-order valence-corrected chi connectivity index (χ1v) is 12.8. The van der Waals surface area contributed by atoms with Gasteiger partial charge >= 0.3 is 0 Å². The molecule has 1 aliphatic rings. The van der Waals surface area contributed by atoms with Gasteiger partial charge in [-0.25, -0.2) is 4.98 Å². The summed E-state index contributed by atoms with van der Waals surface area (Å²) in [6.45, 7) is 4.08. The topological polar surface area (TPSA) is 197 Å². The fourth-order valence-electron chi connectivity index (χ4n) is 4.55. The first-order valence-electron chi connectivity index (χ1n) is 12.8. The number of likely N-dealkylation sites (tertiary alicyclic amines) is 1. The lowest BCUT2D eigenvalue weighted by Gasteiger charge is -2.30. The van der Waals surface area contributed by atoms with Crippen LogP contribution in [0.4, 0.5) is 0 Å². The fraction of sp³-hybridized carbons (Fsp3) is 0.500. The van der Waals surface area contributed by atoms with Gasteiger partial charge in [0.25, 0.3) is 0 Å². The molecule has 38 heavy (non-hydrogen) atoms. The second-order valence-electron chi connectivity index (χ2n) is 9.78. The second kappa shape index (κ2) is 13.0. The zero-order valence-corrected chi connectivity index (χ0v) is 21.7. The highest BCUT2D eigenvalue weighted by Crippen LogP contribution is 2.19. The normalized spacial score (nSPS) is 18.3. The van der Waals surface area contributed by atoms with Crippen LogP contribution in [0.1, 0.15) is 44.4 Å². The molecule has 0 saturated carbocycles. The predicted molar refractivity (Wildman–Crippen MR) is 139 cm³/mol. The number of imidazole rings is 1. The monoisotopic (exact) mass is 527 g/mol. The molecule has 0 spiro atoms. The minimum absolute atomic E-state index is 0.107. The number of aromatic amines is 1. The van der Waals surface area contributed by atoms with E-state index in [4.69, 9.17) is 11.5 Å². The number of rotatable bonds is 12. The highest BCUT2D eigenvalue weighted by molar-refractivity contribution is 5.95. The summed E-state index contributed by atoms with van der Waals surface area (Å²) < 4.78 is 0. The molecule has 1 saturated heterocycles. The number of phenolic OH excluding ortho intramolecular Hbond substituents is 1. The smallest absolute Gasteiger partial charge is 0.246 e. The van der Waals surface area contributed by atoms with Gasteiger partial charge in [-0.3, -0.25) is 19.2 Å². The van der Waals surface area contributed by atoms with Crippen LogP contribution < -0.4 is 22.1 Å². The molecule has 1 fully saturated rings. The molecular formula is C26H37N7O5. The van der Waals surface area contributed by atoms with Crippen LogP contribution in [0.2, 0.25) is 0 Å². The van der Waals surface area contributed by atoms with Gasteiger partial charge in [0.15, 0.2) is 0 Å². The average molecular weight is 528 g/mol. The number of amides is 4. The Morgan fingerprint density at radius 1 is 1.16 bits per heavy atom. The zero-order chi connectivity index (χ0) is 27.8. The Balaban J connectivity index is 1.75. The van der Waals surface area contributed by atoms with Crippen LogP contribution in [0, 0.1) is 5.92 Å². The predicted octanol–water partition coefficient (Wildman–Crippen LogP) is -0.280. The summed E-state index contributed by atoms with van der Waals surface area (Å²) in [5, 5.41) is 15.0. The van der Waals surface area contributed by atoms with E-state index in [-0.39, 0.29) is 24.5 Å². The lowest BCUT2D eigenvalue weighted by atomic mass is 9.96. The molecule has 4 amide bonds. The van der Waals surface area contributed by atoms with Crippen LogP contribution in [0.3, 0.4) is 0 Å². The maximum atomic E-state index is 13.5. The van der Waals surface area contributed by atoms with Gasteiger partial charge < -0.3 is 37.1 Å². The maximum absolute atomic E-state index is 13.5. The van der Waals surface area contributed by atoms with Gasteiger partial charge in [0.1, 0.15) is 23.9 Å². The van der Waals surface area contributed by atoms with E-state index in [0.29, 0.717) is 31.5 Å². The third kappa shape index (κ3) is 7.31. The molecule has 12 heteroatoms. The standard InChI is InChI=1S/C26H37N7O5/c1-3-15(2)22(32-24(36)19(27)11-16-6-8-18(34)9-7-16)25(37)31-20(12-17-13-29-14-30-17)26(38)33-10-4-5-21(33)23(28)35/h6-9,13-15,19-22,34H,3-5,10-12,27H2,1-2H3,(H2,28,35)(H,29,30)(H,31,37)(H,32,36)/t15-,19-,20-,21-,22-/m0/s1. The van der Waals surface area contributed by atoms with Crippen molar-refractivity contribution >= 4 is 23.6 Å². The molecule has 0 aliphatic carbocycles. The second-order valence-corrected chi connectivity index (χ2v) is 9.78. The van der Waals surface area contributed by atoms with Gasteiger partial charge in [0, 0.05) is 24.9 Å². The van der Waals surface area contributed by atoms with Crippen molar-refractivity contribution < 1.29 is 24.3 Å². The van der Waals surface area contributed by atoms with Gasteiger partial charge in [-0.1, -0.05) is 32.4 Å². The van der Waals surface area contributed by atoms with Crippen molar-refractivity contribution in [3.05, 3.63) is 48.0 Å². The summed E-state index contributed by atoms with van der Waals surface area (Å²) in [5.41, 5.74) is 13.0. The van der Waals surface area contributed by atoms with E-state index >= 15 is 0 Å². The van der Waals surface area contributed by atoms with E-state index in [2.05, 4.69) is 20.6 Å². The molecule has 0 unspecified atom stereocenters. The van der Waals surface area contributed by atoms with Crippen LogP contribution in [0.5, 0.6) is 5.75 Å². The van der Waals surface area contributed by atoms with Crippen LogP contribution in [0.15, 0.2) is 36.8 Å². The van der Waals surface area contributed by atoms with E-state index in [9.17, 15) is 24.3 Å². The Labute approximate surface area is 221 Å². The number of carbonyl (C=O) groups is 4. The first kappa shape index (κ1) is 28.6. The number of primary amides is 1. The van der Waals surface area contributed by atoms with Crippen molar-refractivity contribution in [3.63, 3.8) is 0 Å². The van der Waals surface area contributed by atoms with Gasteiger partial charge in [-0.2, -0.15) is 0 Å². The molecule has 5 atom stereocenters. The molecule has 2 heterocycles. The average Bonchev–Trinajstić information content (AvgIpc) is 3.59. The first-order chi connectivity index (χ1) is 18.1. The van der Waals surface area contributed by atoms with E-state index in [0.717, 1.165) is 5.56 Å². The highest BCUT2D eigenvalue weighted by atomic mass is 16.3. The minimum atomic E-state index is -1.00. The molecule has 12 nitrogen and oxygen atoms in total. The number of nitrogens with zero attached hydrogens (tertiary/aromatic N) is 2. The minimum Gasteiger partial charge on any atom is -0.508 e. The Kier molecular flexibility index (Phi) is 9.83. The summed E-state index contributed by atoms with van der Waals surface area (Å²) >= 11 is 0. The summed E-state index contributed by atoms with van der Waals surface area (Å²) in [7, 11) is 0. The van der Waals surface area contributed by atoms with Gasteiger partial charge in [-0.05, 0) is 42.9 Å². The summed E-state index contributed by atoms with van der Waals surface area (Å²) in [6.07, 6.45) is 5.04. The van der Waals surface area contributed by atoms with Crippen LogP contribution in [0.25, 0.3) is 0 Å². The molecule has 0 bridgehead atoms. The Morgan fingerprint density at radius 3 is 2.47 bits per heavy atom. The molecule has 8 N–H and O–H groups in total. The van der Waals surface area contributed by atoms with E-state index in [1.54, 1.807) is 18.3 Å². The molecule has 206 valence electrons.